The molecule has 0 bridgehead atoms. The maximum absolute atomic E-state index is 12.4. The molecule has 8 nitrogen and oxygen atoms in total. The van der Waals surface area contributed by atoms with Crippen LogP contribution in [0.2, 0.25) is 0 Å². The van der Waals surface area contributed by atoms with E-state index in [4.69, 9.17) is 9.15 Å². The highest BCUT2D eigenvalue weighted by molar-refractivity contribution is 6.35. The number of hydrogen-bond donors (Lipinski definition) is 3. The number of amides is 3. The molecular weight excluding hydrogens is 326 g/mol. The molecule has 1 aromatic heterocycles. The van der Waals surface area contributed by atoms with Gasteiger partial charge >= 0.3 is 17.7 Å². The first-order valence-corrected chi connectivity index (χ1v) is 8.09. The van der Waals surface area contributed by atoms with Gasteiger partial charge < -0.3 is 14.5 Å². The average Bonchev–Trinajstić information content (AvgIpc) is 3.35. The lowest BCUT2D eigenvalue weighted by atomic mass is 10.1. The van der Waals surface area contributed by atoms with Gasteiger partial charge in [0.15, 0.2) is 5.76 Å². The largest absolute Gasteiger partial charge is 0.450 e. The number of rotatable bonds is 5. The number of carbonyl (C=O) groups excluding carboxylic acids is 3. The van der Waals surface area contributed by atoms with Gasteiger partial charge in [-0.25, -0.2) is 0 Å². The van der Waals surface area contributed by atoms with Gasteiger partial charge in [-0.15, -0.1) is 0 Å². The van der Waals surface area contributed by atoms with Gasteiger partial charge in [-0.3, -0.25) is 25.2 Å². The summed E-state index contributed by atoms with van der Waals surface area (Å²) in [6.07, 6.45) is 1.73. The van der Waals surface area contributed by atoms with Gasteiger partial charge in [0.2, 0.25) is 0 Å². The van der Waals surface area contributed by atoms with Crippen molar-refractivity contribution in [3.63, 3.8) is 0 Å². The SMILES string of the molecule is CCOCc1c(C(=O)NNC(=O)C(=O)NC2CC2)oc2ccccc12. The smallest absolute Gasteiger partial charge is 0.327 e. The van der Waals surface area contributed by atoms with Gasteiger partial charge in [-0.05, 0) is 25.8 Å². The summed E-state index contributed by atoms with van der Waals surface area (Å²) in [6.45, 7) is 2.53. The van der Waals surface area contributed by atoms with E-state index in [1.54, 1.807) is 12.1 Å². The minimum Gasteiger partial charge on any atom is -0.450 e. The van der Waals surface area contributed by atoms with Crippen molar-refractivity contribution in [2.75, 3.05) is 6.61 Å². The van der Waals surface area contributed by atoms with Gasteiger partial charge in [0, 0.05) is 23.6 Å². The van der Waals surface area contributed by atoms with Crippen molar-refractivity contribution < 1.29 is 23.5 Å². The van der Waals surface area contributed by atoms with E-state index in [0.717, 1.165) is 18.2 Å². The summed E-state index contributed by atoms with van der Waals surface area (Å²) in [6, 6.07) is 7.25. The molecule has 8 heteroatoms. The van der Waals surface area contributed by atoms with Crippen LogP contribution in [0.15, 0.2) is 28.7 Å². The second kappa shape index (κ2) is 7.35. The lowest BCUT2D eigenvalue weighted by molar-refractivity contribution is -0.139. The highest BCUT2D eigenvalue weighted by Gasteiger charge is 2.27. The second-order valence-electron chi connectivity index (χ2n) is 5.70. The van der Waals surface area contributed by atoms with Crippen molar-refractivity contribution in [1.82, 2.24) is 16.2 Å². The van der Waals surface area contributed by atoms with Crippen LogP contribution in [0.4, 0.5) is 0 Å². The molecule has 3 amide bonds. The van der Waals surface area contributed by atoms with E-state index in [-0.39, 0.29) is 18.4 Å². The molecule has 0 radical (unpaired) electrons. The normalized spacial score (nSPS) is 13.5. The Bertz CT molecular complexity index is 810. The molecule has 3 rings (SSSR count). The summed E-state index contributed by atoms with van der Waals surface area (Å²) < 4.78 is 11.0. The molecule has 0 spiro atoms. The maximum Gasteiger partial charge on any atom is 0.327 e. The van der Waals surface area contributed by atoms with Gasteiger partial charge in [0.25, 0.3) is 0 Å². The number of fused-ring (bicyclic) bond motifs is 1. The number of hydrogen-bond acceptors (Lipinski definition) is 5. The summed E-state index contributed by atoms with van der Waals surface area (Å²) in [4.78, 5) is 35.6. The van der Waals surface area contributed by atoms with E-state index in [9.17, 15) is 14.4 Å². The molecule has 0 saturated heterocycles. The molecule has 0 aliphatic heterocycles. The fourth-order valence-corrected chi connectivity index (χ4v) is 2.34. The Morgan fingerprint density at radius 1 is 1.16 bits per heavy atom. The highest BCUT2D eigenvalue weighted by atomic mass is 16.5. The molecule has 1 aromatic carbocycles. The summed E-state index contributed by atoms with van der Waals surface area (Å²) in [7, 11) is 0. The zero-order chi connectivity index (χ0) is 17.8. The van der Waals surface area contributed by atoms with Crippen LogP contribution in [-0.4, -0.2) is 30.4 Å². The van der Waals surface area contributed by atoms with Crippen LogP contribution in [0, 0.1) is 0 Å². The van der Waals surface area contributed by atoms with Gasteiger partial charge in [0.05, 0.1) is 6.61 Å². The lowest BCUT2D eigenvalue weighted by Gasteiger charge is -2.07. The van der Waals surface area contributed by atoms with E-state index in [1.165, 1.54) is 0 Å². The first kappa shape index (κ1) is 17.0. The minimum atomic E-state index is -0.928. The number of hydrazine groups is 1. The first-order chi connectivity index (χ1) is 12.1. The molecule has 1 aliphatic carbocycles. The van der Waals surface area contributed by atoms with Gasteiger partial charge in [-0.2, -0.15) is 0 Å². The van der Waals surface area contributed by atoms with Crippen LogP contribution < -0.4 is 16.2 Å². The number of nitrogens with one attached hydrogen (secondary N) is 3. The quantitative estimate of drug-likeness (QED) is 0.553. The number of furan rings is 1. The highest BCUT2D eigenvalue weighted by Crippen LogP contribution is 2.26. The van der Waals surface area contributed by atoms with Crippen LogP contribution in [0.5, 0.6) is 0 Å². The van der Waals surface area contributed by atoms with Crippen molar-refractivity contribution in [3.8, 4) is 0 Å². The molecule has 0 atom stereocenters. The Balaban J connectivity index is 1.70. The Morgan fingerprint density at radius 2 is 1.92 bits per heavy atom. The number of carbonyl (C=O) groups is 3. The molecule has 132 valence electrons. The van der Waals surface area contributed by atoms with Crippen LogP contribution >= 0.6 is 0 Å². The topological polar surface area (TPSA) is 110 Å². The van der Waals surface area contributed by atoms with E-state index in [2.05, 4.69) is 16.2 Å². The fourth-order valence-electron chi connectivity index (χ4n) is 2.34. The predicted octanol–water partition coefficient (Wildman–Crippen LogP) is 1.01. The summed E-state index contributed by atoms with van der Waals surface area (Å²) in [5.74, 6) is -2.32. The van der Waals surface area contributed by atoms with Crippen molar-refractivity contribution >= 4 is 28.7 Å². The summed E-state index contributed by atoms with van der Waals surface area (Å²) in [5, 5.41) is 3.30. The second-order valence-corrected chi connectivity index (χ2v) is 5.70. The standard InChI is InChI=1S/C17H19N3O5/c1-2-24-9-12-11-5-3-4-6-13(11)25-14(12)15(21)19-20-17(23)16(22)18-10-7-8-10/h3-6,10H,2,7-9H2,1H3,(H,18,22)(H,19,21)(H,20,23). The Hall–Kier alpha value is -2.87. The van der Waals surface area contributed by atoms with Crippen molar-refractivity contribution in [3.05, 3.63) is 35.6 Å². The monoisotopic (exact) mass is 345 g/mol. The molecule has 0 unspecified atom stereocenters. The Kier molecular flexibility index (Phi) is 4.99. The van der Waals surface area contributed by atoms with Crippen molar-refractivity contribution in [2.45, 2.75) is 32.4 Å². The van der Waals surface area contributed by atoms with Crippen LogP contribution in [-0.2, 0) is 20.9 Å². The predicted molar refractivity (Wildman–Crippen MR) is 88.3 cm³/mol. The maximum atomic E-state index is 12.4. The Labute approximate surface area is 143 Å². The molecule has 2 aromatic rings. The molecular formula is C17H19N3O5. The zero-order valence-corrected chi connectivity index (χ0v) is 13.8. The molecule has 25 heavy (non-hydrogen) atoms. The van der Waals surface area contributed by atoms with Crippen molar-refractivity contribution in [1.29, 1.82) is 0 Å². The first-order valence-electron chi connectivity index (χ1n) is 8.09. The molecule has 3 N–H and O–H groups in total. The summed E-state index contributed by atoms with van der Waals surface area (Å²) in [5.41, 5.74) is 5.42. The van der Waals surface area contributed by atoms with Gasteiger partial charge in [-0.1, -0.05) is 18.2 Å². The third kappa shape index (κ3) is 3.97. The Morgan fingerprint density at radius 3 is 2.64 bits per heavy atom. The third-order valence-electron chi connectivity index (χ3n) is 3.76. The van der Waals surface area contributed by atoms with Crippen LogP contribution in [0.1, 0.15) is 35.9 Å². The molecule has 1 saturated carbocycles. The van der Waals surface area contributed by atoms with E-state index in [1.807, 2.05) is 19.1 Å². The lowest BCUT2D eigenvalue weighted by Crippen LogP contribution is -2.49. The minimum absolute atomic E-state index is 0.0394. The van der Waals surface area contributed by atoms with E-state index in [0.29, 0.717) is 17.8 Å². The summed E-state index contributed by atoms with van der Waals surface area (Å²) >= 11 is 0. The zero-order valence-electron chi connectivity index (χ0n) is 13.8. The van der Waals surface area contributed by atoms with Gasteiger partial charge in [0.1, 0.15) is 5.58 Å². The number of benzene rings is 1. The number of ether oxygens (including phenoxy) is 1. The molecule has 1 aliphatic rings. The van der Waals surface area contributed by atoms with E-state index < -0.39 is 17.7 Å². The van der Waals surface area contributed by atoms with Crippen LogP contribution in [0.25, 0.3) is 11.0 Å². The average molecular weight is 345 g/mol. The van der Waals surface area contributed by atoms with E-state index >= 15 is 0 Å². The number of para-hydroxylation sites is 1. The molecule has 1 heterocycles. The fraction of sp³-hybridized carbons (Fsp3) is 0.353. The molecule has 1 fully saturated rings. The van der Waals surface area contributed by atoms with Crippen molar-refractivity contribution in [2.24, 2.45) is 0 Å². The van der Waals surface area contributed by atoms with Crippen LogP contribution in [0.3, 0.4) is 0 Å². The third-order valence-corrected chi connectivity index (χ3v) is 3.76.